The van der Waals surface area contributed by atoms with Gasteiger partial charge in [-0.15, -0.1) is 6.42 Å². The summed E-state index contributed by atoms with van der Waals surface area (Å²) in [6.07, 6.45) is 19.7. The van der Waals surface area contributed by atoms with E-state index in [0.717, 1.165) is 109 Å². The van der Waals surface area contributed by atoms with Crippen molar-refractivity contribution < 1.29 is 42.9 Å². The predicted octanol–water partition coefficient (Wildman–Crippen LogP) is 8.07. The summed E-state index contributed by atoms with van der Waals surface area (Å²) in [5, 5.41) is 25.3. The minimum Gasteiger partial charge on any atom is -0.508 e. The quantitative estimate of drug-likeness (QED) is 0.0831. The number of phenolic OH excluding ortho intramolecular Hbond substituents is 1. The first-order valence-electron chi connectivity index (χ1n) is 29.8. The Labute approximate surface area is 480 Å². The van der Waals surface area contributed by atoms with Crippen molar-refractivity contribution in [1.82, 2.24) is 44.1 Å². The molecule has 1 aliphatic carbocycles. The first kappa shape index (κ1) is 55.0. The average Bonchev–Trinajstić information content (AvgIpc) is 4.37. The number of imide groups is 1. The Balaban J connectivity index is 0.618. The second kappa shape index (κ2) is 21.4. The monoisotopic (exact) mass is 1130 g/mol. The minimum atomic E-state index is -1.02. The molecule has 7 fully saturated rings. The molecule has 20 heteroatoms. The molecule has 83 heavy (non-hydrogen) atoms. The Kier molecular flexibility index (Phi) is 14.2. The lowest BCUT2D eigenvalue weighted by atomic mass is 9.70. The Morgan fingerprint density at radius 1 is 0.892 bits per heavy atom. The molecule has 0 bridgehead atoms. The number of fused-ring (bicyclic) bond motifs is 4. The summed E-state index contributed by atoms with van der Waals surface area (Å²) in [5.74, 6) is 1.36. The molecule has 436 valence electrons. The number of hydrogen-bond acceptors (Lipinski definition) is 14. The lowest BCUT2D eigenvalue weighted by Crippen LogP contribution is -2.48. The van der Waals surface area contributed by atoms with E-state index >= 15 is 8.78 Å². The van der Waals surface area contributed by atoms with Gasteiger partial charge in [-0.3, -0.25) is 33.9 Å². The third-order valence-corrected chi connectivity index (χ3v) is 20.0. The molecule has 1 spiro atoms. The van der Waals surface area contributed by atoms with Crippen LogP contribution in [0.5, 0.6) is 11.8 Å². The molecule has 1 unspecified atom stereocenters. The van der Waals surface area contributed by atoms with Gasteiger partial charge in [0.15, 0.2) is 5.82 Å². The number of phenols is 1. The van der Waals surface area contributed by atoms with E-state index in [4.69, 9.17) is 20.9 Å². The standard InChI is InChI=1S/C63H72F2N10O8/c1-4-44-47(64)9-7-41-29-43(76)31-45(52(41)44)54-53(65)55-46(32-66-54)56(72-24-5-18-61(2,81)35-72)69-58(68-55)83-37-63-19-6-25-74(63)42(15-22-63)34-82-60(80)73-28-23-62(36-73)20-13-38(14-21-62)33-71-26-16-39(17-27-71)40-8-10-48-50(30-40)70(3)59(79)75(48)49-11-12-51(77)67-57(49)78/h1,7-10,29-32,38-39,42,49,76,81H,5-6,11-28,33-37H2,2-3H3,(H,67,77,78)/t38?,42-,49?,61+,62?,63-/m0/s1. The number of hydrogen-bond donors (Lipinski definition) is 3. The molecule has 9 heterocycles. The van der Waals surface area contributed by atoms with Gasteiger partial charge in [0.25, 0.3) is 0 Å². The van der Waals surface area contributed by atoms with Gasteiger partial charge < -0.3 is 34.4 Å². The molecular weight excluding hydrogens is 1060 g/mol. The third kappa shape index (κ3) is 10.1. The van der Waals surface area contributed by atoms with Crippen LogP contribution in [0.4, 0.5) is 19.4 Å². The van der Waals surface area contributed by atoms with E-state index in [-0.39, 0.29) is 100 Å². The van der Waals surface area contributed by atoms with E-state index < -0.39 is 29.2 Å². The van der Waals surface area contributed by atoms with Crippen LogP contribution in [-0.4, -0.2) is 150 Å². The van der Waals surface area contributed by atoms with E-state index in [1.807, 2.05) is 15.9 Å². The minimum absolute atomic E-state index is 0.00492. The number of amides is 3. The molecule has 6 aliphatic heterocycles. The smallest absolute Gasteiger partial charge is 0.409 e. The maximum atomic E-state index is 17.3. The zero-order valence-corrected chi connectivity index (χ0v) is 47.3. The Morgan fingerprint density at radius 3 is 2.48 bits per heavy atom. The van der Waals surface area contributed by atoms with Crippen molar-refractivity contribution in [2.45, 2.75) is 132 Å². The van der Waals surface area contributed by atoms with Crippen molar-refractivity contribution in [2.75, 3.05) is 70.5 Å². The van der Waals surface area contributed by atoms with Crippen LogP contribution in [-0.2, 0) is 21.4 Å². The summed E-state index contributed by atoms with van der Waals surface area (Å²) in [4.78, 5) is 74.7. The summed E-state index contributed by atoms with van der Waals surface area (Å²) < 4.78 is 48.3. The van der Waals surface area contributed by atoms with Crippen molar-refractivity contribution in [3.63, 3.8) is 0 Å². The average molecular weight is 1140 g/mol. The van der Waals surface area contributed by atoms with E-state index in [1.54, 1.807) is 23.1 Å². The molecule has 1 saturated carbocycles. The second-order valence-electron chi connectivity index (χ2n) is 25.4. The predicted molar refractivity (Wildman–Crippen MR) is 308 cm³/mol. The lowest BCUT2D eigenvalue weighted by molar-refractivity contribution is -0.135. The number of aryl methyl sites for hydroxylation is 1. The zero-order valence-electron chi connectivity index (χ0n) is 47.3. The van der Waals surface area contributed by atoms with Crippen molar-refractivity contribution in [1.29, 1.82) is 0 Å². The van der Waals surface area contributed by atoms with Crippen LogP contribution in [0.25, 0.3) is 44.0 Å². The number of carbonyl (C=O) groups excluding carboxylic acids is 3. The number of nitrogens with one attached hydrogen (secondary N) is 1. The van der Waals surface area contributed by atoms with Crippen LogP contribution < -0.4 is 20.6 Å². The molecule has 4 atom stereocenters. The maximum Gasteiger partial charge on any atom is 0.409 e. The fraction of sp³-hybridized carbons (Fsp3) is 0.540. The van der Waals surface area contributed by atoms with E-state index in [1.165, 1.54) is 36.0 Å². The number of piperidine rings is 3. The Bertz CT molecular complexity index is 3690. The van der Waals surface area contributed by atoms with Crippen LogP contribution in [0.15, 0.2) is 53.5 Å². The van der Waals surface area contributed by atoms with E-state index in [0.29, 0.717) is 66.3 Å². The number of carbonyl (C=O) groups is 3. The molecule has 6 saturated heterocycles. The molecular formula is C63H72F2N10O8. The Hall–Kier alpha value is -7.21. The van der Waals surface area contributed by atoms with Gasteiger partial charge in [-0.2, -0.15) is 9.97 Å². The molecule has 7 aliphatic rings. The van der Waals surface area contributed by atoms with Crippen molar-refractivity contribution in [3.8, 4) is 35.4 Å². The van der Waals surface area contributed by atoms with Crippen molar-refractivity contribution in [3.05, 3.63) is 81.9 Å². The number of rotatable bonds is 11. The number of β-amino-alcohol motifs (C(OH)–C–C–N with tert-alkyl or cyclic N) is 1. The van der Waals surface area contributed by atoms with Gasteiger partial charge in [0, 0.05) is 69.4 Å². The summed E-state index contributed by atoms with van der Waals surface area (Å²) in [5.41, 5.74) is 0.967. The highest BCUT2D eigenvalue weighted by Crippen LogP contribution is 2.48. The maximum absolute atomic E-state index is 17.3. The van der Waals surface area contributed by atoms with Crippen LogP contribution >= 0.6 is 0 Å². The number of halogens is 2. The molecule has 3 amide bonds. The van der Waals surface area contributed by atoms with E-state index in [2.05, 4.69) is 43.1 Å². The summed E-state index contributed by atoms with van der Waals surface area (Å²) >= 11 is 0. The number of nitrogens with zero attached hydrogens (tertiary/aromatic N) is 9. The largest absolute Gasteiger partial charge is 0.508 e. The van der Waals surface area contributed by atoms with Crippen molar-refractivity contribution >= 4 is 56.4 Å². The molecule has 3 aromatic heterocycles. The summed E-state index contributed by atoms with van der Waals surface area (Å²) in [6, 6.07) is 10.9. The zero-order chi connectivity index (χ0) is 57.5. The molecule has 3 N–H and O–H groups in total. The number of aromatic hydroxyl groups is 1. The van der Waals surface area contributed by atoms with Crippen molar-refractivity contribution in [2.24, 2.45) is 18.4 Å². The highest BCUT2D eigenvalue weighted by Gasteiger charge is 2.51. The van der Waals surface area contributed by atoms with Crippen LogP contribution in [0.2, 0.25) is 0 Å². The van der Waals surface area contributed by atoms with Crippen LogP contribution in [0.3, 0.4) is 0 Å². The van der Waals surface area contributed by atoms with E-state index in [9.17, 15) is 29.4 Å². The second-order valence-corrected chi connectivity index (χ2v) is 25.4. The number of anilines is 1. The Morgan fingerprint density at radius 2 is 1.70 bits per heavy atom. The fourth-order valence-electron chi connectivity index (χ4n) is 15.6. The number of ether oxygens (including phenoxy) is 2. The molecule has 13 rings (SSSR count). The summed E-state index contributed by atoms with van der Waals surface area (Å²) in [7, 11) is 1.75. The molecule has 18 nitrogen and oxygen atoms in total. The van der Waals surface area contributed by atoms with Gasteiger partial charge in [0.2, 0.25) is 11.8 Å². The third-order valence-electron chi connectivity index (χ3n) is 20.0. The normalized spacial score (nSPS) is 27.3. The molecule has 3 aromatic carbocycles. The fourth-order valence-corrected chi connectivity index (χ4v) is 15.6. The van der Waals surface area contributed by atoms with Gasteiger partial charge in [-0.25, -0.2) is 18.4 Å². The first-order valence-corrected chi connectivity index (χ1v) is 29.8. The van der Waals surface area contributed by atoms with Crippen LogP contribution in [0.1, 0.15) is 126 Å². The lowest BCUT2D eigenvalue weighted by Gasteiger charge is -2.40. The number of aromatic nitrogens is 5. The first-order chi connectivity index (χ1) is 40.0. The number of imidazole rings is 1. The summed E-state index contributed by atoms with van der Waals surface area (Å²) in [6.45, 7) is 8.40. The van der Waals surface area contributed by atoms with Crippen LogP contribution in [0, 0.1) is 35.3 Å². The molecule has 0 radical (unpaired) electrons. The van der Waals surface area contributed by atoms with Gasteiger partial charge >= 0.3 is 17.8 Å². The van der Waals surface area contributed by atoms with Gasteiger partial charge in [0.1, 0.15) is 47.9 Å². The highest BCUT2D eigenvalue weighted by molar-refractivity contribution is 6.03. The number of terminal acetylenes is 1. The molecule has 6 aromatic rings. The number of benzene rings is 3. The van der Waals surface area contributed by atoms with Gasteiger partial charge in [0.05, 0.1) is 33.1 Å². The van der Waals surface area contributed by atoms with Gasteiger partial charge in [-0.1, -0.05) is 18.1 Å². The topological polar surface area (TPSA) is 201 Å². The number of likely N-dealkylation sites (tertiary alicyclic amines) is 2. The number of pyridine rings is 1. The highest BCUT2D eigenvalue weighted by atomic mass is 19.1. The van der Waals surface area contributed by atoms with Gasteiger partial charge in [-0.05, 0) is 175 Å². The number of aliphatic hydroxyl groups is 1. The SMILES string of the molecule is C#Cc1c(F)ccc2cc(O)cc(-c3ncc4c(N5CCC[C@@](C)(O)C5)nc(OC[C@@]56CCCN5[C@H](COC(=O)N5CCC7(CCC(CN8CCC(c9ccc%10c(c9)n(C)c(=O)n%10C9CCC(=O)NC9=O)CC8)CC7)C5)CC6)nc4c3F)c12.